The number of hydrogen-bond acceptors (Lipinski definition) is 3. The minimum Gasteiger partial charge on any atom is -0.323 e. The van der Waals surface area contributed by atoms with E-state index < -0.39 is 24.0 Å². The Bertz CT molecular complexity index is 733. The van der Waals surface area contributed by atoms with Gasteiger partial charge in [-0.1, -0.05) is 61.5 Å². The second kappa shape index (κ2) is 8.46. The molecule has 0 bridgehead atoms. The van der Waals surface area contributed by atoms with Crippen LogP contribution in [-0.2, 0) is 9.59 Å². The van der Waals surface area contributed by atoms with Gasteiger partial charge < -0.3 is 10.6 Å². The van der Waals surface area contributed by atoms with Crippen LogP contribution in [-0.4, -0.2) is 34.8 Å². The summed E-state index contributed by atoms with van der Waals surface area (Å²) in [5.74, 6) is -0.931. The first-order valence-corrected chi connectivity index (χ1v) is 9.46. The maximum absolute atomic E-state index is 12.8. The Morgan fingerprint density at radius 1 is 1.08 bits per heavy atom. The Morgan fingerprint density at radius 2 is 1.65 bits per heavy atom. The first-order chi connectivity index (χ1) is 12.2. The van der Waals surface area contributed by atoms with Crippen molar-refractivity contribution in [1.29, 1.82) is 0 Å². The lowest BCUT2D eigenvalue weighted by atomic mass is 9.88. The van der Waals surface area contributed by atoms with E-state index in [0.717, 1.165) is 17.7 Å². The third-order valence-electron chi connectivity index (χ3n) is 4.19. The second-order valence-corrected chi connectivity index (χ2v) is 7.42. The maximum atomic E-state index is 12.8. The van der Waals surface area contributed by atoms with E-state index in [1.54, 1.807) is 0 Å². The summed E-state index contributed by atoms with van der Waals surface area (Å²) in [5.41, 5.74) is -0.672. The average Bonchev–Trinajstić information content (AvgIpc) is 2.78. The summed E-state index contributed by atoms with van der Waals surface area (Å²) in [6.07, 6.45) is 2.54. The summed E-state index contributed by atoms with van der Waals surface area (Å²) >= 11 is 17.8. The molecule has 1 saturated heterocycles. The quantitative estimate of drug-likeness (QED) is 0.504. The topological polar surface area (TPSA) is 78.5 Å². The number of nitrogens with one attached hydrogen (secondary N) is 2. The molecule has 26 heavy (non-hydrogen) atoms. The highest BCUT2D eigenvalue weighted by molar-refractivity contribution is 6.44. The number of anilines is 1. The van der Waals surface area contributed by atoms with Gasteiger partial charge in [0.1, 0.15) is 12.1 Å². The lowest BCUT2D eigenvalue weighted by Crippen LogP contribution is -2.47. The number of imide groups is 1. The third kappa shape index (κ3) is 4.24. The van der Waals surface area contributed by atoms with Gasteiger partial charge in [-0.25, -0.2) is 4.79 Å². The second-order valence-electron chi connectivity index (χ2n) is 6.20. The molecule has 1 aromatic carbocycles. The number of nitrogens with zero attached hydrogens (tertiary/aromatic N) is 1. The van der Waals surface area contributed by atoms with Crippen LogP contribution in [0.5, 0.6) is 0 Å². The predicted octanol–water partition coefficient (Wildman–Crippen LogP) is 4.48. The zero-order valence-corrected chi connectivity index (χ0v) is 16.8. The smallest absolute Gasteiger partial charge is 0.323 e. The minimum absolute atomic E-state index is 0.205. The van der Waals surface area contributed by atoms with E-state index in [9.17, 15) is 14.4 Å². The molecule has 1 aliphatic rings. The molecule has 0 aliphatic carbocycles. The molecular formula is C17H20Cl3N3O3. The van der Waals surface area contributed by atoms with Gasteiger partial charge in [-0.05, 0) is 25.0 Å². The molecule has 0 unspecified atom stereocenters. The van der Waals surface area contributed by atoms with E-state index in [4.69, 9.17) is 34.8 Å². The summed E-state index contributed by atoms with van der Waals surface area (Å²) in [6.45, 7) is 3.48. The Labute approximate surface area is 167 Å². The van der Waals surface area contributed by atoms with Gasteiger partial charge in [0.25, 0.3) is 5.91 Å². The zero-order valence-electron chi connectivity index (χ0n) is 14.5. The molecule has 0 saturated carbocycles. The van der Waals surface area contributed by atoms with Gasteiger partial charge in [-0.3, -0.25) is 14.5 Å². The molecule has 0 atom stereocenters. The Kier molecular flexibility index (Phi) is 6.77. The summed E-state index contributed by atoms with van der Waals surface area (Å²) in [4.78, 5) is 38.3. The number of halogens is 3. The molecule has 0 aromatic heterocycles. The van der Waals surface area contributed by atoms with Crippen molar-refractivity contribution in [1.82, 2.24) is 10.2 Å². The van der Waals surface area contributed by atoms with Crippen LogP contribution in [0.3, 0.4) is 0 Å². The first kappa shape index (κ1) is 20.8. The van der Waals surface area contributed by atoms with Gasteiger partial charge in [0.2, 0.25) is 5.91 Å². The van der Waals surface area contributed by atoms with Gasteiger partial charge in [0, 0.05) is 0 Å². The molecule has 1 heterocycles. The fraction of sp³-hybridized carbons (Fsp3) is 0.471. The number of carbonyl (C=O) groups excluding carboxylic acids is 3. The molecule has 0 spiro atoms. The van der Waals surface area contributed by atoms with Crippen molar-refractivity contribution >= 4 is 58.3 Å². The molecule has 2 rings (SSSR count). The van der Waals surface area contributed by atoms with E-state index in [-0.39, 0.29) is 26.7 Å². The molecule has 142 valence electrons. The third-order valence-corrected chi connectivity index (χ3v) is 5.22. The van der Waals surface area contributed by atoms with E-state index in [2.05, 4.69) is 10.6 Å². The van der Waals surface area contributed by atoms with Crippen LogP contribution in [0.15, 0.2) is 12.1 Å². The molecule has 2 N–H and O–H groups in total. The molecule has 1 aromatic rings. The molecule has 1 aliphatic heterocycles. The fourth-order valence-electron chi connectivity index (χ4n) is 3.09. The van der Waals surface area contributed by atoms with Crippen LogP contribution in [0, 0.1) is 0 Å². The summed E-state index contributed by atoms with van der Waals surface area (Å²) in [5, 5.41) is 6.00. The molecule has 0 radical (unpaired) electrons. The van der Waals surface area contributed by atoms with E-state index in [1.165, 1.54) is 12.1 Å². The van der Waals surface area contributed by atoms with Crippen LogP contribution in [0.25, 0.3) is 0 Å². The lowest BCUT2D eigenvalue weighted by molar-refractivity contribution is -0.134. The fourth-order valence-corrected chi connectivity index (χ4v) is 3.68. The number of amides is 4. The summed E-state index contributed by atoms with van der Waals surface area (Å²) in [7, 11) is 0. The van der Waals surface area contributed by atoms with Gasteiger partial charge in [0.05, 0.1) is 20.8 Å². The van der Waals surface area contributed by atoms with Crippen molar-refractivity contribution in [2.45, 2.75) is 45.1 Å². The zero-order chi connectivity index (χ0) is 19.5. The molecule has 4 amide bonds. The van der Waals surface area contributed by atoms with Crippen LogP contribution in [0.1, 0.15) is 39.5 Å². The monoisotopic (exact) mass is 419 g/mol. The van der Waals surface area contributed by atoms with Crippen LogP contribution in [0.2, 0.25) is 15.1 Å². The number of carbonyl (C=O) groups is 3. The highest BCUT2D eigenvalue weighted by atomic mass is 35.5. The molecule has 1 fully saturated rings. The number of urea groups is 1. The van der Waals surface area contributed by atoms with E-state index in [0.29, 0.717) is 12.8 Å². The standard InChI is InChI=1S/C17H20Cl3N3O3/c1-3-5-17(6-4-2)15(25)23(16(26)22-17)9-14(24)21-13-8-11(19)10(18)7-12(13)20/h7-8H,3-6,9H2,1-2H3,(H,21,24)(H,22,26). The molecular weight excluding hydrogens is 401 g/mol. The maximum Gasteiger partial charge on any atom is 0.325 e. The van der Waals surface area contributed by atoms with Crippen LogP contribution < -0.4 is 10.6 Å². The van der Waals surface area contributed by atoms with Crippen LogP contribution in [0.4, 0.5) is 10.5 Å². The average molecular weight is 421 g/mol. The number of rotatable bonds is 7. The van der Waals surface area contributed by atoms with Crippen LogP contribution >= 0.6 is 34.8 Å². The Morgan fingerprint density at radius 3 is 2.23 bits per heavy atom. The SMILES string of the molecule is CCCC1(CCC)NC(=O)N(CC(=O)Nc2cc(Cl)c(Cl)cc2Cl)C1=O. The number of benzene rings is 1. The van der Waals surface area contributed by atoms with Gasteiger partial charge in [0.15, 0.2) is 0 Å². The van der Waals surface area contributed by atoms with Crippen molar-refractivity contribution in [3.05, 3.63) is 27.2 Å². The van der Waals surface area contributed by atoms with E-state index in [1.807, 2.05) is 13.8 Å². The van der Waals surface area contributed by atoms with Gasteiger partial charge >= 0.3 is 6.03 Å². The lowest BCUT2D eigenvalue weighted by Gasteiger charge is -2.25. The summed E-state index contributed by atoms with van der Waals surface area (Å²) < 4.78 is 0. The van der Waals surface area contributed by atoms with E-state index >= 15 is 0 Å². The Balaban J connectivity index is 2.13. The van der Waals surface area contributed by atoms with Crippen molar-refractivity contribution in [3.63, 3.8) is 0 Å². The molecule has 9 heteroatoms. The minimum atomic E-state index is -0.928. The summed E-state index contributed by atoms with van der Waals surface area (Å²) in [6, 6.07) is 2.25. The predicted molar refractivity (Wildman–Crippen MR) is 103 cm³/mol. The molecule has 6 nitrogen and oxygen atoms in total. The number of hydrogen-bond donors (Lipinski definition) is 2. The van der Waals surface area contributed by atoms with Crippen molar-refractivity contribution in [2.75, 3.05) is 11.9 Å². The highest BCUT2D eigenvalue weighted by Crippen LogP contribution is 2.32. The van der Waals surface area contributed by atoms with Crippen molar-refractivity contribution < 1.29 is 14.4 Å². The van der Waals surface area contributed by atoms with Gasteiger partial charge in [-0.2, -0.15) is 0 Å². The van der Waals surface area contributed by atoms with Crippen molar-refractivity contribution in [3.8, 4) is 0 Å². The van der Waals surface area contributed by atoms with Gasteiger partial charge in [-0.15, -0.1) is 0 Å². The Hall–Kier alpha value is -1.50. The van der Waals surface area contributed by atoms with Crippen molar-refractivity contribution in [2.24, 2.45) is 0 Å². The first-order valence-electron chi connectivity index (χ1n) is 8.32. The largest absolute Gasteiger partial charge is 0.325 e. The normalized spacial score (nSPS) is 16.0. The highest BCUT2D eigenvalue weighted by Gasteiger charge is 2.50.